The summed E-state index contributed by atoms with van der Waals surface area (Å²) < 4.78 is 0. The normalized spacial score (nSPS) is 8.90. The summed E-state index contributed by atoms with van der Waals surface area (Å²) in [4.78, 5) is 30.7. The van der Waals surface area contributed by atoms with Crippen LogP contribution in [0.3, 0.4) is 0 Å². The first-order chi connectivity index (χ1) is 14.1. The SMILES string of the molecule is Nc1ccccc1C(=O)[O-].Nc1ccccc1C(=O)[O-].Nc1ccccc1C(=O)[O-].[Fe+3]. The van der Waals surface area contributed by atoms with Crippen LogP contribution in [-0.2, 0) is 17.1 Å². The number of nitrogen functional groups attached to an aromatic ring is 3. The average Bonchev–Trinajstić information content (AvgIpc) is 2.69. The van der Waals surface area contributed by atoms with Gasteiger partial charge in [0.1, 0.15) is 0 Å². The van der Waals surface area contributed by atoms with Crippen LogP contribution in [0.5, 0.6) is 0 Å². The molecule has 0 heterocycles. The van der Waals surface area contributed by atoms with Crippen molar-refractivity contribution < 1.29 is 46.8 Å². The fourth-order valence-electron chi connectivity index (χ4n) is 2.05. The van der Waals surface area contributed by atoms with Crippen molar-refractivity contribution >= 4 is 35.0 Å². The molecule has 161 valence electrons. The summed E-state index contributed by atoms with van der Waals surface area (Å²) in [6.45, 7) is 0. The number of benzene rings is 3. The van der Waals surface area contributed by atoms with Gasteiger partial charge in [0.05, 0.1) is 17.9 Å². The van der Waals surface area contributed by atoms with Crippen LogP contribution in [0.1, 0.15) is 31.1 Å². The van der Waals surface area contributed by atoms with E-state index >= 15 is 0 Å². The molecule has 0 fully saturated rings. The molecule has 0 saturated carbocycles. The van der Waals surface area contributed by atoms with Gasteiger partial charge in [-0.15, -0.1) is 0 Å². The zero-order chi connectivity index (χ0) is 22.7. The molecular weight excluding hydrogens is 446 g/mol. The Balaban J connectivity index is 0.000000429. The minimum atomic E-state index is -1.24. The summed E-state index contributed by atoms with van der Waals surface area (Å²) in [5.41, 5.74) is 16.7. The van der Waals surface area contributed by atoms with E-state index in [0.717, 1.165) is 0 Å². The van der Waals surface area contributed by atoms with E-state index in [0.29, 0.717) is 0 Å². The van der Waals surface area contributed by atoms with E-state index in [9.17, 15) is 29.7 Å². The Hall–Kier alpha value is -4.01. The standard InChI is InChI=1S/3C7H7NO2.Fe/c3*8-6-4-2-1-3-5(6)7(9)10;/h3*1-4H,8H2,(H,9,10);/q;;;+3/p-3. The second-order valence-corrected chi connectivity index (χ2v) is 5.62. The molecule has 9 nitrogen and oxygen atoms in total. The molecule has 3 aromatic rings. The van der Waals surface area contributed by atoms with Crippen molar-refractivity contribution in [1.82, 2.24) is 0 Å². The monoisotopic (exact) mass is 464 g/mol. The number of carboxylic acid groups (broad SMARTS) is 3. The van der Waals surface area contributed by atoms with Gasteiger partial charge in [0.25, 0.3) is 0 Å². The number of hydrogen-bond acceptors (Lipinski definition) is 9. The Morgan fingerprint density at radius 2 is 0.677 bits per heavy atom. The smallest absolute Gasteiger partial charge is 0.545 e. The van der Waals surface area contributed by atoms with Gasteiger partial charge in [0.15, 0.2) is 0 Å². The summed E-state index contributed by atoms with van der Waals surface area (Å²) in [5, 5.41) is 30.7. The molecule has 6 N–H and O–H groups in total. The number of hydrogen-bond donors (Lipinski definition) is 3. The van der Waals surface area contributed by atoms with E-state index in [-0.39, 0.29) is 50.8 Å². The summed E-state index contributed by atoms with van der Waals surface area (Å²) >= 11 is 0. The Bertz CT molecular complexity index is 911. The van der Waals surface area contributed by atoms with Crippen LogP contribution in [0.25, 0.3) is 0 Å². The van der Waals surface area contributed by atoms with E-state index in [1.807, 2.05) is 0 Å². The minimum Gasteiger partial charge on any atom is -0.545 e. The van der Waals surface area contributed by atoms with E-state index in [4.69, 9.17) is 17.2 Å². The Labute approximate surface area is 188 Å². The fourth-order valence-corrected chi connectivity index (χ4v) is 2.05. The number of carboxylic acids is 3. The van der Waals surface area contributed by atoms with Crippen molar-refractivity contribution in [2.45, 2.75) is 0 Å². The number of anilines is 3. The van der Waals surface area contributed by atoms with Crippen LogP contribution in [0, 0.1) is 0 Å². The summed E-state index contributed by atoms with van der Waals surface area (Å²) in [7, 11) is 0. The molecule has 0 saturated heterocycles. The first kappa shape index (κ1) is 27.0. The average molecular weight is 464 g/mol. The maximum Gasteiger partial charge on any atom is 3.00 e. The van der Waals surface area contributed by atoms with E-state index in [1.54, 1.807) is 36.4 Å². The zero-order valence-electron chi connectivity index (χ0n) is 16.0. The summed E-state index contributed by atoms with van der Waals surface area (Å²) in [6.07, 6.45) is 0. The molecule has 3 aromatic carbocycles. The number of nitrogens with two attached hydrogens (primary N) is 3. The first-order valence-corrected chi connectivity index (χ1v) is 8.32. The van der Waals surface area contributed by atoms with E-state index in [1.165, 1.54) is 36.4 Å². The largest absolute Gasteiger partial charge is 3.00 e. The molecule has 3 rings (SSSR count). The maximum atomic E-state index is 10.2. The predicted molar refractivity (Wildman–Crippen MR) is 106 cm³/mol. The topological polar surface area (TPSA) is 198 Å². The summed E-state index contributed by atoms with van der Waals surface area (Å²) in [6, 6.07) is 18.6. The van der Waals surface area contributed by atoms with Crippen molar-refractivity contribution in [3.8, 4) is 0 Å². The van der Waals surface area contributed by atoms with Gasteiger partial charge in [-0.2, -0.15) is 0 Å². The van der Waals surface area contributed by atoms with Crippen LogP contribution < -0.4 is 32.5 Å². The van der Waals surface area contributed by atoms with Crippen molar-refractivity contribution in [2.75, 3.05) is 17.2 Å². The van der Waals surface area contributed by atoms with Crippen molar-refractivity contribution in [3.05, 3.63) is 89.5 Å². The number of carbonyl (C=O) groups is 3. The third-order valence-corrected chi connectivity index (χ3v) is 3.54. The molecule has 0 amide bonds. The first-order valence-electron chi connectivity index (χ1n) is 8.32. The molecule has 0 unspecified atom stereocenters. The van der Waals surface area contributed by atoms with Crippen LogP contribution in [0.2, 0.25) is 0 Å². The van der Waals surface area contributed by atoms with Gasteiger partial charge in [0, 0.05) is 33.8 Å². The predicted octanol–water partition coefficient (Wildman–Crippen LogP) is -1.11. The fraction of sp³-hybridized carbons (Fsp3) is 0. The summed E-state index contributed by atoms with van der Waals surface area (Å²) in [5.74, 6) is -3.71. The molecule has 0 spiro atoms. The number of aromatic carboxylic acids is 3. The number of rotatable bonds is 3. The Kier molecular flexibility index (Phi) is 11.5. The molecule has 31 heavy (non-hydrogen) atoms. The van der Waals surface area contributed by atoms with Crippen molar-refractivity contribution in [2.24, 2.45) is 0 Å². The zero-order valence-corrected chi connectivity index (χ0v) is 17.1. The van der Waals surface area contributed by atoms with Gasteiger partial charge in [-0.05, 0) is 18.2 Å². The van der Waals surface area contributed by atoms with Gasteiger partial charge in [-0.25, -0.2) is 0 Å². The quantitative estimate of drug-likeness (QED) is 0.318. The van der Waals surface area contributed by atoms with Gasteiger partial charge in [-0.3, -0.25) is 0 Å². The number of carbonyl (C=O) groups excluding carboxylic acids is 3. The minimum absolute atomic E-state index is 0. The second-order valence-electron chi connectivity index (χ2n) is 5.62. The van der Waals surface area contributed by atoms with Crippen molar-refractivity contribution in [1.29, 1.82) is 0 Å². The number of para-hydroxylation sites is 3. The molecule has 0 aliphatic heterocycles. The van der Waals surface area contributed by atoms with Gasteiger partial charge in [-0.1, -0.05) is 54.6 Å². The van der Waals surface area contributed by atoms with Crippen LogP contribution in [0.15, 0.2) is 72.8 Å². The maximum absolute atomic E-state index is 10.2. The van der Waals surface area contributed by atoms with Gasteiger partial charge < -0.3 is 46.9 Å². The molecule has 0 aromatic heterocycles. The molecular formula is C21H18FeN3O6. The van der Waals surface area contributed by atoms with Gasteiger partial charge in [0.2, 0.25) is 0 Å². The third kappa shape index (κ3) is 8.90. The molecule has 0 bridgehead atoms. The van der Waals surface area contributed by atoms with Crippen LogP contribution in [0.4, 0.5) is 17.1 Å². The second kappa shape index (κ2) is 13.3. The van der Waals surface area contributed by atoms with Gasteiger partial charge >= 0.3 is 17.1 Å². The van der Waals surface area contributed by atoms with Crippen LogP contribution in [-0.4, -0.2) is 17.9 Å². The third-order valence-electron chi connectivity index (χ3n) is 3.54. The molecule has 1 radical (unpaired) electrons. The van der Waals surface area contributed by atoms with Crippen molar-refractivity contribution in [3.63, 3.8) is 0 Å². The Morgan fingerprint density at radius 3 is 0.806 bits per heavy atom. The Morgan fingerprint density at radius 1 is 0.484 bits per heavy atom. The van der Waals surface area contributed by atoms with E-state index in [2.05, 4.69) is 0 Å². The molecule has 0 atom stereocenters. The van der Waals surface area contributed by atoms with E-state index < -0.39 is 17.9 Å². The molecule has 10 heteroatoms. The molecule has 0 aliphatic rings. The van der Waals surface area contributed by atoms with Crippen LogP contribution >= 0.6 is 0 Å². The molecule has 0 aliphatic carbocycles.